The molecular weight excluding hydrogens is 654 g/mol. The van der Waals surface area contributed by atoms with E-state index in [2.05, 4.69) is 26.0 Å². The number of unbranched alkanes of at least 4 members (excludes halogenated alkanes) is 23. The molecule has 0 bridgehead atoms. The molecule has 306 valence electrons. The molecule has 0 radical (unpaired) electrons. The Hall–Kier alpha value is -1.93. The van der Waals surface area contributed by atoms with Crippen LogP contribution in [0.3, 0.4) is 0 Å². The van der Waals surface area contributed by atoms with Crippen LogP contribution < -0.4 is 5.11 Å². The molecule has 0 aliphatic rings. The number of quaternary nitrogens is 1. The van der Waals surface area contributed by atoms with Gasteiger partial charge in [-0.25, -0.2) is 0 Å². The first-order valence-electron chi connectivity index (χ1n) is 21.7. The second kappa shape index (κ2) is 36.1. The number of carbonyl (C=O) groups excluding carboxylic acids is 3. The number of allylic oxidation sites excluding steroid dienone is 2. The minimum Gasteiger partial charge on any atom is -0.544 e. The average Bonchev–Trinajstić information content (AvgIpc) is 3.09. The maximum absolute atomic E-state index is 12.7. The molecule has 0 spiro atoms. The summed E-state index contributed by atoms with van der Waals surface area (Å²) in [5.74, 6) is -1.73. The van der Waals surface area contributed by atoms with Crippen LogP contribution >= 0.6 is 0 Å². The number of ether oxygens (including phenoxy) is 3. The third-order valence-corrected chi connectivity index (χ3v) is 9.90. The summed E-state index contributed by atoms with van der Waals surface area (Å²) >= 11 is 0. The zero-order chi connectivity index (χ0) is 38.5. The molecule has 0 heterocycles. The van der Waals surface area contributed by atoms with Crippen molar-refractivity contribution < 1.29 is 38.2 Å². The van der Waals surface area contributed by atoms with Crippen molar-refractivity contribution in [2.75, 3.05) is 41.0 Å². The summed E-state index contributed by atoms with van der Waals surface area (Å²) in [7, 11) is 5.41. The summed E-state index contributed by atoms with van der Waals surface area (Å²) in [5.41, 5.74) is 0. The van der Waals surface area contributed by atoms with Gasteiger partial charge in [0.15, 0.2) is 6.10 Å². The maximum atomic E-state index is 12.7. The van der Waals surface area contributed by atoms with E-state index < -0.39 is 18.1 Å². The van der Waals surface area contributed by atoms with E-state index in [1.165, 1.54) is 128 Å². The lowest BCUT2D eigenvalue weighted by Crippen LogP contribution is -2.55. The summed E-state index contributed by atoms with van der Waals surface area (Å²) in [6, 6.07) is -0.720. The van der Waals surface area contributed by atoms with Crippen molar-refractivity contribution in [3.8, 4) is 0 Å². The Morgan fingerprint density at radius 3 is 1.38 bits per heavy atom. The molecule has 8 nitrogen and oxygen atoms in total. The molecule has 0 aliphatic carbocycles. The molecule has 2 unspecified atom stereocenters. The van der Waals surface area contributed by atoms with Crippen LogP contribution in [-0.4, -0.2) is 75.5 Å². The SMILES string of the molecule is CCCCCCCC/C=C\CCCCCCCCCCCC(=O)OC(COCCC(C(=O)[O-])[N+](C)(C)C)COC(=O)CCCCCCCCCCC. The Bertz CT molecular complexity index is 869. The smallest absolute Gasteiger partial charge is 0.306 e. The van der Waals surface area contributed by atoms with Gasteiger partial charge in [0.1, 0.15) is 12.6 Å². The molecule has 52 heavy (non-hydrogen) atoms. The van der Waals surface area contributed by atoms with Crippen LogP contribution in [0, 0.1) is 0 Å². The number of carboxylic acids is 1. The number of hydrogen-bond acceptors (Lipinski definition) is 7. The fraction of sp³-hybridized carbons (Fsp3) is 0.886. The van der Waals surface area contributed by atoms with E-state index in [0.29, 0.717) is 12.8 Å². The number of esters is 2. The zero-order valence-corrected chi connectivity index (χ0v) is 34.7. The van der Waals surface area contributed by atoms with Crippen molar-refractivity contribution in [3.05, 3.63) is 12.2 Å². The van der Waals surface area contributed by atoms with Crippen molar-refractivity contribution in [3.63, 3.8) is 0 Å². The summed E-state index contributed by atoms with van der Waals surface area (Å²) in [6.07, 6.45) is 36.6. The zero-order valence-electron chi connectivity index (χ0n) is 34.7. The van der Waals surface area contributed by atoms with Gasteiger partial charge in [0, 0.05) is 19.3 Å². The van der Waals surface area contributed by atoms with Gasteiger partial charge in [-0.1, -0.05) is 154 Å². The van der Waals surface area contributed by atoms with E-state index >= 15 is 0 Å². The summed E-state index contributed by atoms with van der Waals surface area (Å²) in [5, 5.41) is 11.6. The lowest BCUT2D eigenvalue weighted by atomic mass is 10.1. The largest absolute Gasteiger partial charge is 0.544 e. The van der Waals surface area contributed by atoms with Gasteiger partial charge < -0.3 is 28.6 Å². The van der Waals surface area contributed by atoms with Crippen LogP contribution in [0.1, 0.15) is 200 Å². The second-order valence-corrected chi connectivity index (χ2v) is 15.9. The van der Waals surface area contributed by atoms with E-state index in [1.54, 1.807) is 21.1 Å². The van der Waals surface area contributed by atoms with Crippen molar-refractivity contribution in [2.24, 2.45) is 0 Å². The minimum absolute atomic E-state index is 0.0451. The summed E-state index contributed by atoms with van der Waals surface area (Å²) < 4.78 is 17.1. The Morgan fingerprint density at radius 2 is 0.962 bits per heavy atom. The van der Waals surface area contributed by atoms with Gasteiger partial charge in [-0.3, -0.25) is 9.59 Å². The summed E-state index contributed by atoms with van der Waals surface area (Å²) in [4.78, 5) is 36.7. The Kier molecular flexibility index (Phi) is 34.7. The second-order valence-electron chi connectivity index (χ2n) is 15.9. The number of carbonyl (C=O) groups is 3. The first-order valence-corrected chi connectivity index (χ1v) is 21.7. The van der Waals surface area contributed by atoms with Crippen molar-refractivity contribution in [1.82, 2.24) is 0 Å². The molecule has 0 aromatic rings. The standard InChI is InChI=1S/C44H83NO7/c1-6-8-10-12-14-16-17-18-19-20-21-22-23-24-25-27-29-31-33-35-43(47)52-40(38-50-37-36-41(44(48)49)45(3,4)5)39-51-42(46)34-32-30-28-26-15-13-11-9-7-2/h18-19,40-41H,6-17,20-39H2,1-5H3/b19-18-. The van der Waals surface area contributed by atoms with E-state index in [4.69, 9.17) is 14.2 Å². The molecule has 0 rings (SSSR count). The lowest BCUT2D eigenvalue weighted by Gasteiger charge is -2.34. The van der Waals surface area contributed by atoms with Crippen molar-refractivity contribution in [1.29, 1.82) is 0 Å². The molecule has 0 saturated carbocycles. The van der Waals surface area contributed by atoms with Gasteiger partial charge in [-0.2, -0.15) is 0 Å². The van der Waals surface area contributed by atoms with E-state index in [0.717, 1.165) is 38.5 Å². The van der Waals surface area contributed by atoms with Gasteiger partial charge in [0.2, 0.25) is 0 Å². The van der Waals surface area contributed by atoms with Gasteiger partial charge >= 0.3 is 11.9 Å². The van der Waals surface area contributed by atoms with Crippen molar-refractivity contribution in [2.45, 2.75) is 212 Å². The third-order valence-electron chi connectivity index (χ3n) is 9.90. The molecule has 0 N–H and O–H groups in total. The number of hydrogen-bond donors (Lipinski definition) is 0. The molecule has 2 atom stereocenters. The van der Waals surface area contributed by atoms with E-state index in [1.807, 2.05) is 0 Å². The normalized spacial score (nSPS) is 13.0. The molecule has 8 heteroatoms. The first kappa shape index (κ1) is 50.1. The highest BCUT2D eigenvalue weighted by Gasteiger charge is 2.25. The topological polar surface area (TPSA) is 102 Å². The molecule has 0 aromatic carbocycles. The van der Waals surface area contributed by atoms with Crippen LogP contribution in [0.2, 0.25) is 0 Å². The molecule has 0 saturated heterocycles. The van der Waals surface area contributed by atoms with Crippen LogP contribution in [0.5, 0.6) is 0 Å². The number of carboxylic acid groups (broad SMARTS) is 1. The van der Waals surface area contributed by atoms with Crippen LogP contribution in [0.25, 0.3) is 0 Å². The molecule has 0 aliphatic heterocycles. The first-order chi connectivity index (χ1) is 25.1. The van der Waals surface area contributed by atoms with Gasteiger partial charge in [0.05, 0.1) is 40.3 Å². The highest BCUT2D eigenvalue weighted by atomic mass is 16.6. The van der Waals surface area contributed by atoms with Crippen LogP contribution in [0.4, 0.5) is 0 Å². The van der Waals surface area contributed by atoms with Crippen molar-refractivity contribution >= 4 is 17.9 Å². The fourth-order valence-corrected chi connectivity index (χ4v) is 6.48. The maximum Gasteiger partial charge on any atom is 0.306 e. The van der Waals surface area contributed by atoms with Crippen LogP contribution in [-0.2, 0) is 28.6 Å². The quantitative estimate of drug-likeness (QED) is 0.0268. The number of nitrogens with zero attached hydrogens (tertiary/aromatic N) is 1. The van der Waals surface area contributed by atoms with Gasteiger partial charge in [0.25, 0.3) is 0 Å². The third kappa shape index (κ3) is 33.9. The number of aliphatic carboxylic acids is 1. The molecule has 0 amide bonds. The molecule has 0 aromatic heterocycles. The number of rotatable bonds is 39. The highest BCUT2D eigenvalue weighted by Crippen LogP contribution is 2.15. The average molecular weight is 738 g/mol. The predicted octanol–water partition coefficient (Wildman–Crippen LogP) is 10.2. The monoisotopic (exact) mass is 738 g/mol. The lowest BCUT2D eigenvalue weighted by molar-refractivity contribution is -0.889. The Labute approximate surface area is 320 Å². The number of likely N-dealkylation sites (N-methyl/N-ethyl adjacent to an activating group) is 1. The van der Waals surface area contributed by atoms with Gasteiger partial charge in [-0.15, -0.1) is 0 Å². The molecular formula is C44H83NO7. The highest BCUT2D eigenvalue weighted by molar-refractivity contribution is 5.70. The minimum atomic E-state index is -1.12. The Balaban J connectivity index is 4.26. The Morgan fingerprint density at radius 1 is 0.558 bits per heavy atom. The van der Waals surface area contributed by atoms with E-state index in [-0.39, 0.29) is 42.7 Å². The van der Waals surface area contributed by atoms with E-state index in [9.17, 15) is 19.5 Å². The molecule has 0 fully saturated rings. The fourth-order valence-electron chi connectivity index (χ4n) is 6.48. The summed E-state index contributed by atoms with van der Waals surface area (Å²) in [6.45, 7) is 4.65. The van der Waals surface area contributed by atoms with Crippen LogP contribution in [0.15, 0.2) is 12.2 Å². The predicted molar refractivity (Wildman–Crippen MR) is 213 cm³/mol. The van der Waals surface area contributed by atoms with Gasteiger partial charge in [-0.05, 0) is 38.5 Å².